The van der Waals surface area contributed by atoms with Gasteiger partial charge in [0, 0.05) is 39.3 Å². The van der Waals surface area contributed by atoms with Crippen molar-refractivity contribution < 1.29 is 0 Å². The molecule has 2 aliphatic rings. The second kappa shape index (κ2) is 16.7. The number of benzene rings is 4. The summed E-state index contributed by atoms with van der Waals surface area (Å²) in [5.74, 6) is 0.240. The zero-order chi connectivity index (χ0) is 36.5. The molecule has 3 heteroatoms. The van der Waals surface area contributed by atoms with Crippen LogP contribution < -0.4 is 4.90 Å². The Kier molecular flexibility index (Phi) is 11.4. The van der Waals surface area contributed by atoms with E-state index in [0.29, 0.717) is 0 Å². The molecule has 1 aliphatic carbocycles. The average Bonchev–Trinajstić information content (AvgIpc) is 3.71. The van der Waals surface area contributed by atoms with E-state index in [1.54, 1.807) is 6.08 Å². The van der Waals surface area contributed by atoms with Gasteiger partial charge in [-0.2, -0.15) is 0 Å². The minimum absolute atomic E-state index is 0.153. The largest absolute Gasteiger partial charge is 0.333 e. The first kappa shape index (κ1) is 35.6. The molecule has 52 heavy (non-hydrogen) atoms. The van der Waals surface area contributed by atoms with E-state index in [1.165, 1.54) is 33.1 Å². The lowest BCUT2D eigenvalue weighted by atomic mass is 9.90. The van der Waals surface area contributed by atoms with Gasteiger partial charge in [-0.15, -0.1) is 0 Å². The first-order valence-corrected chi connectivity index (χ1v) is 18.2. The summed E-state index contributed by atoms with van der Waals surface area (Å²) in [6.45, 7) is 15.4. The van der Waals surface area contributed by atoms with E-state index in [1.807, 2.05) is 52.0 Å². The van der Waals surface area contributed by atoms with Crippen molar-refractivity contribution in [1.29, 1.82) is 0 Å². The van der Waals surface area contributed by atoms with Gasteiger partial charge in [0.1, 0.15) is 0 Å². The fraction of sp³-hybridized carbons (Fsp3) is 0.122. The molecule has 1 aliphatic heterocycles. The highest BCUT2D eigenvalue weighted by Crippen LogP contribution is 2.51. The molecule has 3 heterocycles. The zero-order valence-corrected chi connectivity index (χ0v) is 30.7. The van der Waals surface area contributed by atoms with Crippen molar-refractivity contribution in [3.8, 4) is 16.9 Å². The second-order valence-electron chi connectivity index (χ2n) is 12.4. The molecule has 0 saturated heterocycles. The quantitative estimate of drug-likeness (QED) is 0.157. The smallest absolute Gasteiger partial charge is 0.0730 e. The molecule has 6 aromatic rings. The number of hydrogen-bond donors (Lipinski definition) is 0. The molecule has 0 saturated carbocycles. The Balaban J connectivity index is 0.000000613. The third kappa shape index (κ3) is 6.91. The number of rotatable bonds is 7. The van der Waals surface area contributed by atoms with E-state index < -0.39 is 0 Å². The topological polar surface area (TPSA) is 21.1 Å². The van der Waals surface area contributed by atoms with Gasteiger partial charge in [0.15, 0.2) is 0 Å². The van der Waals surface area contributed by atoms with Crippen LogP contribution in [-0.2, 0) is 0 Å². The molecule has 2 aromatic heterocycles. The number of anilines is 2. The standard InChI is InChI=1S/C42H33N3.C5H8.C2H6/c1-3-15-29(16-4-2)37-25-32(26-38(43-37)30-17-7-5-8-18-30)45-40-24-14-12-22-34(40)36-27-35-33-21-11-13-23-39(33)44(41(35)28-42(36)45)31-19-9-6-10-20-31;1-3-5-4-2;1-2/h3-28,34,40H,1H2,2H3;3-5H,1H2,2H3;1-2H3/b16-4-,29-15+;5-4-;. The fourth-order valence-electron chi connectivity index (χ4n) is 7.18. The molecule has 0 spiro atoms. The Morgan fingerprint density at radius 3 is 2.10 bits per heavy atom. The maximum Gasteiger partial charge on any atom is 0.0730 e. The van der Waals surface area contributed by atoms with E-state index in [9.17, 15) is 0 Å². The van der Waals surface area contributed by atoms with Crippen molar-refractivity contribution in [3.05, 3.63) is 200 Å². The van der Waals surface area contributed by atoms with E-state index in [-0.39, 0.29) is 12.0 Å². The molecule has 0 amide bonds. The number of hydrogen-bond acceptors (Lipinski definition) is 2. The Morgan fingerprint density at radius 1 is 0.692 bits per heavy atom. The van der Waals surface area contributed by atoms with Crippen molar-refractivity contribution >= 4 is 38.8 Å². The van der Waals surface area contributed by atoms with Crippen molar-refractivity contribution in [2.45, 2.75) is 39.7 Å². The molecule has 0 radical (unpaired) electrons. The Bertz CT molecular complexity index is 2330. The van der Waals surface area contributed by atoms with Crippen LogP contribution in [0.1, 0.15) is 44.9 Å². The molecule has 0 N–H and O–H groups in total. The van der Waals surface area contributed by atoms with Gasteiger partial charge in [0.05, 0.1) is 28.5 Å². The summed E-state index contributed by atoms with van der Waals surface area (Å²) in [7, 11) is 0. The Labute approximate surface area is 309 Å². The Hall–Kier alpha value is -6.19. The fourth-order valence-corrected chi connectivity index (χ4v) is 7.18. The van der Waals surface area contributed by atoms with Gasteiger partial charge in [-0.3, -0.25) is 0 Å². The predicted octanol–water partition coefficient (Wildman–Crippen LogP) is 13.5. The van der Waals surface area contributed by atoms with E-state index in [0.717, 1.165) is 33.9 Å². The first-order chi connectivity index (χ1) is 25.7. The highest BCUT2D eigenvalue weighted by molar-refractivity contribution is 6.11. The summed E-state index contributed by atoms with van der Waals surface area (Å²) in [5, 5.41) is 2.55. The minimum atomic E-state index is 0.153. The number of allylic oxidation sites excluding steroid dienone is 10. The van der Waals surface area contributed by atoms with Crippen LogP contribution in [0.5, 0.6) is 0 Å². The molecule has 8 rings (SSSR count). The molecular weight excluding hydrogens is 631 g/mol. The maximum absolute atomic E-state index is 5.18. The molecule has 258 valence electrons. The van der Waals surface area contributed by atoms with Crippen LogP contribution in [-0.4, -0.2) is 15.6 Å². The lowest BCUT2D eigenvalue weighted by Crippen LogP contribution is -2.28. The molecule has 0 fully saturated rings. The summed E-state index contributed by atoms with van der Waals surface area (Å²) in [4.78, 5) is 7.69. The summed E-state index contributed by atoms with van der Waals surface area (Å²) in [6.07, 6.45) is 22.7. The molecular formula is C49H47N3. The van der Waals surface area contributed by atoms with Crippen LogP contribution in [0.25, 0.3) is 44.3 Å². The average molecular weight is 678 g/mol. The van der Waals surface area contributed by atoms with Gasteiger partial charge >= 0.3 is 0 Å². The summed E-state index contributed by atoms with van der Waals surface area (Å²) in [5.41, 5.74) is 11.3. The lowest BCUT2D eigenvalue weighted by Gasteiger charge is -2.29. The van der Waals surface area contributed by atoms with Gasteiger partial charge in [-0.05, 0) is 67.4 Å². The van der Waals surface area contributed by atoms with Crippen LogP contribution >= 0.6 is 0 Å². The van der Waals surface area contributed by atoms with Gasteiger partial charge < -0.3 is 9.47 Å². The molecule has 2 atom stereocenters. The van der Waals surface area contributed by atoms with Crippen molar-refractivity contribution in [1.82, 2.24) is 9.55 Å². The number of fused-ring (bicyclic) bond motifs is 6. The SMILES string of the molecule is C=C/C=C(\C=C/C)c1cc(N2c3cc4c(cc3C3C=CC=CC32)c2ccccc2n4-c2ccccc2)cc(-c2ccccc2)n1.C=C/C=C\C.CC. The van der Waals surface area contributed by atoms with Gasteiger partial charge in [0.25, 0.3) is 0 Å². The monoisotopic (exact) mass is 677 g/mol. The second-order valence-corrected chi connectivity index (χ2v) is 12.4. The molecule has 0 bridgehead atoms. The maximum atomic E-state index is 5.18. The van der Waals surface area contributed by atoms with Gasteiger partial charge in [-0.1, -0.05) is 161 Å². The Morgan fingerprint density at radius 2 is 1.40 bits per heavy atom. The highest BCUT2D eigenvalue weighted by atomic mass is 15.2. The van der Waals surface area contributed by atoms with Crippen LogP contribution in [0.3, 0.4) is 0 Å². The first-order valence-electron chi connectivity index (χ1n) is 18.2. The van der Waals surface area contributed by atoms with E-state index >= 15 is 0 Å². The zero-order valence-electron chi connectivity index (χ0n) is 30.7. The molecule has 2 unspecified atom stereocenters. The van der Waals surface area contributed by atoms with Crippen molar-refractivity contribution in [2.75, 3.05) is 4.90 Å². The number of pyridine rings is 1. The lowest BCUT2D eigenvalue weighted by molar-refractivity contribution is 0.744. The summed E-state index contributed by atoms with van der Waals surface area (Å²) in [6, 6.07) is 39.4. The van der Waals surface area contributed by atoms with Gasteiger partial charge in [-0.25, -0.2) is 4.98 Å². The van der Waals surface area contributed by atoms with Crippen LogP contribution in [0.15, 0.2) is 189 Å². The van der Waals surface area contributed by atoms with Crippen LogP contribution in [0, 0.1) is 0 Å². The van der Waals surface area contributed by atoms with E-state index in [2.05, 4.69) is 168 Å². The normalized spacial score (nSPS) is 16.0. The van der Waals surface area contributed by atoms with Crippen LogP contribution in [0.2, 0.25) is 0 Å². The van der Waals surface area contributed by atoms with E-state index in [4.69, 9.17) is 4.98 Å². The van der Waals surface area contributed by atoms with Crippen molar-refractivity contribution in [2.24, 2.45) is 0 Å². The number of para-hydroxylation sites is 2. The predicted molar refractivity (Wildman–Crippen MR) is 227 cm³/mol. The summed E-state index contributed by atoms with van der Waals surface area (Å²) < 4.78 is 2.40. The molecule has 3 nitrogen and oxygen atoms in total. The van der Waals surface area contributed by atoms with Crippen LogP contribution in [0.4, 0.5) is 11.4 Å². The minimum Gasteiger partial charge on any atom is -0.333 e. The molecule has 4 aromatic carbocycles. The third-order valence-electron chi connectivity index (χ3n) is 9.28. The highest BCUT2D eigenvalue weighted by Gasteiger charge is 2.38. The summed E-state index contributed by atoms with van der Waals surface area (Å²) >= 11 is 0. The van der Waals surface area contributed by atoms with Crippen molar-refractivity contribution in [3.63, 3.8) is 0 Å². The number of aromatic nitrogens is 2. The third-order valence-corrected chi connectivity index (χ3v) is 9.28. The number of nitrogens with zero attached hydrogens (tertiary/aromatic N) is 3. The van der Waals surface area contributed by atoms with Gasteiger partial charge in [0.2, 0.25) is 0 Å².